The fourth-order valence-corrected chi connectivity index (χ4v) is 3.41. The first-order valence-corrected chi connectivity index (χ1v) is 8.24. The van der Waals surface area contributed by atoms with E-state index in [1.54, 1.807) is 0 Å². The predicted molar refractivity (Wildman–Crippen MR) is 86.1 cm³/mol. The van der Waals surface area contributed by atoms with Crippen molar-refractivity contribution in [3.63, 3.8) is 0 Å². The van der Waals surface area contributed by atoms with Crippen molar-refractivity contribution in [1.29, 1.82) is 0 Å². The highest BCUT2D eigenvalue weighted by Crippen LogP contribution is 2.30. The highest BCUT2D eigenvalue weighted by Gasteiger charge is 2.30. The third kappa shape index (κ3) is 4.53. The first-order valence-electron chi connectivity index (χ1n) is 8.24. The summed E-state index contributed by atoms with van der Waals surface area (Å²) in [6.07, 6.45) is 5.34. The fourth-order valence-electron chi connectivity index (χ4n) is 3.41. The lowest BCUT2D eigenvalue weighted by Gasteiger charge is -2.41. The molecule has 2 rings (SSSR count). The van der Waals surface area contributed by atoms with E-state index in [0.717, 1.165) is 37.7 Å². The van der Waals surface area contributed by atoms with Crippen molar-refractivity contribution in [2.24, 2.45) is 0 Å². The normalized spacial score (nSPS) is 26.5. The lowest BCUT2D eigenvalue weighted by molar-refractivity contribution is 0.0347. The van der Waals surface area contributed by atoms with E-state index in [-0.39, 0.29) is 6.10 Å². The molecule has 0 amide bonds. The Balaban J connectivity index is 1.93. The molecule has 0 saturated carbocycles. The van der Waals surface area contributed by atoms with Crippen molar-refractivity contribution < 1.29 is 10.2 Å². The van der Waals surface area contributed by atoms with Gasteiger partial charge < -0.3 is 15.1 Å². The van der Waals surface area contributed by atoms with Crippen molar-refractivity contribution in [3.8, 4) is 0 Å². The van der Waals surface area contributed by atoms with Crippen LogP contribution in [-0.2, 0) is 0 Å². The van der Waals surface area contributed by atoms with Crippen molar-refractivity contribution in [1.82, 2.24) is 4.90 Å². The number of hydrogen-bond acceptors (Lipinski definition) is 3. The van der Waals surface area contributed by atoms with Crippen LogP contribution in [-0.4, -0.2) is 40.3 Å². The van der Waals surface area contributed by atoms with E-state index in [1.165, 1.54) is 6.42 Å². The molecule has 1 fully saturated rings. The predicted octanol–water partition coefficient (Wildman–Crippen LogP) is 3.12. The number of nitrogens with zero attached hydrogens (tertiary/aromatic N) is 1. The molecule has 0 spiro atoms. The molecular weight excluding hydrogens is 262 g/mol. The minimum atomic E-state index is -0.395. The maximum absolute atomic E-state index is 10.4. The van der Waals surface area contributed by atoms with Crippen LogP contribution in [0.1, 0.15) is 57.1 Å². The van der Waals surface area contributed by atoms with E-state index in [9.17, 15) is 10.2 Å². The maximum atomic E-state index is 10.4. The third-order valence-corrected chi connectivity index (χ3v) is 4.92. The monoisotopic (exact) mass is 291 g/mol. The van der Waals surface area contributed by atoms with Gasteiger partial charge in [0.2, 0.25) is 0 Å². The summed E-state index contributed by atoms with van der Waals surface area (Å²) in [5, 5.41) is 20.3. The topological polar surface area (TPSA) is 43.7 Å². The standard InChI is InChI=1S/C18H29NO2/c1-3-17(20)12-15-10-7-11-16(19(15)2)13-18(21)14-8-5-4-6-9-14/h4-6,8-9,15-18,20-21H,3,7,10-13H2,1-2H3/t15-,16+,17-,18-/m0/s1. The van der Waals surface area contributed by atoms with Crippen molar-refractivity contribution in [2.75, 3.05) is 7.05 Å². The number of benzene rings is 1. The van der Waals surface area contributed by atoms with Crippen LogP contribution in [0.15, 0.2) is 30.3 Å². The number of aliphatic hydroxyl groups excluding tert-OH is 2. The van der Waals surface area contributed by atoms with Crippen LogP contribution in [0.25, 0.3) is 0 Å². The van der Waals surface area contributed by atoms with Crippen LogP contribution in [0.3, 0.4) is 0 Å². The minimum absolute atomic E-state index is 0.199. The van der Waals surface area contributed by atoms with E-state index < -0.39 is 6.10 Å². The molecule has 21 heavy (non-hydrogen) atoms. The molecule has 0 radical (unpaired) electrons. The molecule has 118 valence electrons. The summed E-state index contributed by atoms with van der Waals surface area (Å²) in [6, 6.07) is 10.8. The molecule has 2 N–H and O–H groups in total. The fraction of sp³-hybridized carbons (Fsp3) is 0.667. The van der Waals surface area contributed by atoms with Gasteiger partial charge in [-0.05, 0) is 44.7 Å². The summed E-state index contributed by atoms with van der Waals surface area (Å²) in [5.41, 5.74) is 1.00. The molecule has 0 aromatic heterocycles. The summed E-state index contributed by atoms with van der Waals surface area (Å²) in [7, 11) is 2.15. The Morgan fingerprint density at radius 3 is 2.33 bits per heavy atom. The van der Waals surface area contributed by atoms with Crippen LogP contribution < -0.4 is 0 Å². The van der Waals surface area contributed by atoms with Gasteiger partial charge in [-0.1, -0.05) is 43.7 Å². The second-order valence-electron chi connectivity index (χ2n) is 6.36. The second-order valence-corrected chi connectivity index (χ2v) is 6.36. The van der Waals surface area contributed by atoms with E-state index in [4.69, 9.17) is 0 Å². The third-order valence-electron chi connectivity index (χ3n) is 4.92. The highest BCUT2D eigenvalue weighted by molar-refractivity contribution is 5.17. The molecule has 1 saturated heterocycles. The number of likely N-dealkylation sites (tertiary alicyclic amines) is 1. The zero-order valence-electron chi connectivity index (χ0n) is 13.3. The van der Waals surface area contributed by atoms with Crippen LogP contribution in [0.4, 0.5) is 0 Å². The lowest BCUT2D eigenvalue weighted by atomic mass is 9.88. The van der Waals surface area contributed by atoms with Crippen LogP contribution in [0, 0.1) is 0 Å². The van der Waals surface area contributed by atoms with E-state index in [0.29, 0.717) is 12.1 Å². The molecule has 4 atom stereocenters. The molecule has 3 nitrogen and oxygen atoms in total. The smallest absolute Gasteiger partial charge is 0.0805 e. The van der Waals surface area contributed by atoms with Gasteiger partial charge in [0.25, 0.3) is 0 Å². The highest BCUT2D eigenvalue weighted by atomic mass is 16.3. The summed E-state index contributed by atoms with van der Waals surface area (Å²) >= 11 is 0. The van der Waals surface area contributed by atoms with Gasteiger partial charge in [-0.15, -0.1) is 0 Å². The van der Waals surface area contributed by atoms with Crippen LogP contribution in [0.5, 0.6) is 0 Å². The molecule has 3 heteroatoms. The van der Waals surface area contributed by atoms with E-state index >= 15 is 0 Å². The molecule has 1 heterocycles. The summed E-state index contributed by atoms with van der Waals surface area (Å²) < 4.78 is 0. The Hall–Kier alpha value is -0.900. The van der Waals surface area contributed by atoms with Gasteiger partial charge in [-0.2, -0.15) is 0 Å². The SMILES string of the molecule is CC[C@H](O)C[C@@H]1CCC[C@H](C[C@H](O)c2ccccc2)N1C. The van der Waals surface area contributed by atoms with Crippen molar-refractivity contribution in [2.45, 2.75) is 69.7 Å². The Morgan fingerprint density at radius 2 is 1.71 bits per heavy atom. The molecule has 0 unspecified atom stereocenters. The second kappa shape index (κ2) is 7.92. The molecule has 1 aliphatic rings. The van der Waals surface area contributed by atoms with Gasteiger partial charge in [-0.25, -0.2) is 0 Å². The largest absolute Gasteiger partial charge is 0.393 e. The lowest BCUT2D eigenvalue weighted by Crippen LogP contribution is -2.45. The molecule has 1 aliphatic heterocycles. The average Bonchev–Trinajstić information content (AvgIpc) is 2.52. The molecule has 0 aliphatic carbocycles. The van der Waals surface area contributed by atoms with Crippen molar-refractivity contribution in [3.05, 3.63) is 35.9 Å². The maximum Gasteiger partial charge on any atom is 0.0805 e. The Labute approximate surface area is 128 Å². The molecule has 1 aromatic carbocycles. The van der Waals surface area contributed by atoms with Crippen LogP contribution in [0.2, 0.25) is 0 Å². The van der Waals surface area contributed by atoms with Gasteiger partial charge in [0.1, 0.15) is 0 Å². The van der Waals surface area contributed by atoms with Gasteiger partial charge in [0.05, 0.1) is 12.2 Å². The number of hydrogen-bond donors (Lipinski definition) is 2. The number of aliphatic hydroxyl groups is 2. The van der Waals surface area contributed by atoms with Gasteiger partial charge >= 0.3 is 0 Å². The van der Waals surface area contributed by atoms with Crippen molar-refractivity contribution >= 4 is 0 Å². The first-order chi connectivity index (χ1) is 10.1. The Kier molecular flexibility index (Phi) is 6.22. The summed E-state index contributed by atoms with van der Waals surface area (Å²) in [5.74, 6) is 0. The van der Waals surface area contributed by atoms with Crippen LogP contribution >= 0.6 is 0 Å². The van der Waals surface area contributed by atoms with Gasteiger partial charge in [-0.3, -0.25) is 0 Å². The minimum Gasteiger partial charge on any atom is -0.393 e. The quantitative estimate of drug-likeness (QED) is 0.846. The Bertz CT molecular complexity index is 409. The average molecular weight is 291 g/mol. The van der Waals surface area contributed by atoms with Gasteiger partial charge in [0.15, 0.2) is 0 Å². The molecule has 1 aromatic rings. The summed E-state index contributed by atoms with van der Waals surface area (Å²) in [6.45, 7) is 2.03. The van der Waals surface area contributed by atoms with E-state index in [1.807, 2.05) is 37.3 Å². The molecular formula is C18H29NO2. The molecule has 0 bridgehead atoms. The first kappa shape index (κ1) is 16.5. The Morgan fingerprint density at radius 1 is 1.10 bits per heavy atom. The number of rotatable bonds is 6. The number of piperidine rings is 1. The zero-order valence-corrected chi connectivity index (χ0v) is 13.3. The van der Waals surface area contributed by atoms with E-state index in [2.05, 4.69) is 11.9 Å². The zero-order chi connectivity index (χ0) is 15.2. The van der Waals surface area contributed by atoms with Gasteiger partial charge in [0, 0.05) is 12.1 Å². The summed E-state index contributed by atoms with van der Waals surface area (Å²) in [4.78, 5) is 2.38.